The number of hydrogen-bond donors (Lipinski definition) is 0. The van der Waals surface area contributed by atoms with Crippen molar-refractivity contribution in [2.45, 2.75) is 19.3 Å². The molecular weight excluding hydrogens is 767 g/mol. The molecule has 5 heteroatoms. The third-order valence-electron chi connectivity index (χ3n) is 13.3. The van der Waals surface area contributed by atoms with E-state index in [0.29, 0.717) is 0 Å². The Labute approximate surface area is 363 Å². The molecule has 0 bridgehead atoms. The Morgan fingerprint density at radius 3 is 1.57 bits per heavy atom. The lowest BCUT2D eigenvalue weighted by molar-refractivity contribution is 0.662. The van der Waals surface area contributed by atoms with Crippen LogP contribution in [-0.4, -0.2) is 24.9 Å². The number of hydrogen-bond acceptors (Lipinski definition) is 5. The van der Waals surface area contributed by atoms with E-state index >= 15 is 0 Å². The molecule has 0 saturated carbocycles. The maximum Gasteiger partial charge on any atom is 0.0970 e. The first kappa shape index (κ1) is 35.6. The molecule has 63 heavy (non-hydrogen) atoms. The molecule has 0 aliphatic heterocycles. The molecule has 0 N–H and O–H groups in total. The Morgan fingerprint density at radius 1 is 0.381 bits per heavy atom. The van der Waals surface area contributed by atoms with Gasteiger partial charge in [-0.25, -0.2) is 4.98 Å². The number of rotatable bonds is 4. The minimum atomic E-state index is -0.249. The summed E-state index contributed by atoms with van der Waals surface area (Å²) in [7, 11) is 0. The van der Waals surface area contributed by atoms with Crippen molar-refractivity contribution in [1.29, 1.82) is 0 Å². The topological polar surface area (TPSA) is 64.5 Å². The molecule has 5 heterocycles. The van der Waals surface area contributed by atoms with Gasteiger partial charge in [-0.15, -0.1) is 0 Å². The molecule has 0 radical (unpaired) electrons. The minimum Gasteiger partial charge on any atom is -0.254 e. The fourth-order valence-electron chi connectivity index (χ4n) is 10.5. The van der Waals surface area contributed by atoms with Gasteiger partial charge in [0.25, 0.3) is 0 Å². The van der Waals surface area contributed by atoms with Crippen molar-refractivity contribution in [2.24, 2.45) is 0 Å². The number of aromatic nitrogens is 5. The lowest BCUT2D eigenvalue weighted by atomic mass is 9.78. The monoisotopic (exact) mass is 803 g/mol. The van der Waals surface area contributed by atoms with Crippen LogP contribution in [-0.2, 0) is 5.41 Å². The SMILES string of the molecule is CC1(C)c2ccccc2-c2nc3ccc4ccccc4c3c(-c3ccc(-c4cc(-c5cc6cccnc6c6ncccc56)cc(-c5cc6cccnc6c6ncccc56)c4)cc3)c21. The Morgan fingerprint density at radius 2 is 0.905 bits per heavy atom. The zero-order chi connectivity index (χ0) is 41.8. The molecule has 0 amide bonds. The summed E-state index contributed by atoms with van der Waals surface area (Å²) < 4.78 is 0. The van der Waals surface area contributed by atoms with Crippen LogP contribution in [0.3, 0.4) is 0 Å². The van der Waals surface area contributed by atoms with E-state index in [9.17, 15) is 0 Å². The Kier molecular flexibility index (Phi) is 7.58. The van der Waals surface area contributed by atoms with Crippen molar-refractivity contribution in [3.8, 4) is 55.8 Å². The van der Waals surface area contributed by atoms with Gasteiger partial charge in [0.1, 0.15) is 0 Å². The fourth-order valence-corrected chi connectivity index (χ4v) is 10.5. The summed E-state index contributed by atoms with van der Waals surface area (Å²) in [6, 6.07) is 59.3. The van der Waals surface area contributed by atoms with Crippen LogP contribution in [0.25, 0.3) is 121 Å². The second-order valence-corrected chi connectivity index (χ2v) is 17.2. The molecular formula is C58H37N5. The molecule has 0 atom stereocenters. The Bertz CT molecular complexity index is 3750. The second-order valence-electron chi connectivity index (χ2n) is 17.2. The molecule has 5 aromatic heterocycles. The molecule has 0 spiro atoms. The summed E-state index contributed by atoms with van der Waals surface area (Å²) in [5.74, 6) is 0. The molecule has 1 aliphatic rings. The Balaban J connectivity index is 1.06. The van der Waals surface area contributed by atoms with Crippen LogP contribution in [0.2, 0.25) is 0 Å². The molecule has 0 saturated heterocycles. The minimum absolute atomic E-state index is 0.249. The van der Waals surface area contributed by atoms with Gasteiger partial charge in [-0.2, -0.15) is 0 Å². The zero-order valence-electron chi connectivity index (χ0n) is 34.6. The molecule has 0 unspecified atom stereocenters. The van der Waals surface area contributed by atoms with Gasteiger partial charge in [-0.1, -0.05) is 117 Å². The van der Waals surface area contributed by atoms with E-state index in [1.54, 1.807) is 0 Å². The van der Waals surface area contributed by atoms with Gasteiger partial charge >= 0.3 is 0 Å². The highest BCUT2D eigenvalue weighted by atomic mass is 14.7. The summed E-state index contributed by atoms with van der Waals surface area (Å²) in [6.07, 6.45) is 7.40. The smallest absolute Gasteiger partial charge is 0.0970 e. The maximum atomic E-state index is 5.44. The highest BCUT2D eigenvalue weighted by Gasteiger charge is 2.39. The van der Waals surface area contributed by atoms with Crippen LogP contribution >= 0.6 is 0 Å². The van der Waals surface area contributed by atoms with Crippen molar-refractivity contribution < 1.29 is 0 Å². The van der Waals surface area contributed by atoms with Crippen molar-refractivity contribution in [1.82, 2.24) is 24.9 Å². The fraction of sp³-hybridized carbons (Fsp3) is 0.0517. The summed E-state index contributed by atoms with van der Waals surface area (Å²) in [6.45, 7) is 4.71. The van der Waals surface area contributed by atoms with E-state index in [-0.39, 0.29) is 5.41 Å². The van der Waals surface area contributed by atoms with E-state index in [4.69, 9.17) is 24.9 Å². The maximum absolute atomic E-state index is 5.44. The first-order chi connectivity index (χ1) is 31.0. The van der Waals surface area contributed by atoms with Gasteiger partial charge in [0, 0.05) is 62.7 Å². The average molecular weight is 804 g/mol. The van der Waals surface area contributed by atoms with Crippen LogP contribution in [0.4, 0.5) is 0 Å². The predicted molar refractivity (Wildman–Crippen MR) is 260 cm³/mol. The lowest BCUT2D eigenvalue weighted by Crippen LogP contribution is -2.16. The first-order valence-electron chi connectivity index (χ1n) is 21.5. The highest BCUT2D eigenvalue weighted by Crippen LogP contribution is 2.54. The molecule has 5 nitrogen and oxygen atoms in total. The van der Waals surface area contributed by atoms with Gasteiger partial charge in [0.05, 0.1) is 33.3 Å². The van der Waals surface area contributed by atoms with Crippen molar-refractivity contribution in [3.63, 3.8) is 0 Å². The number of benzene rings is 7. The Hall–Kier alpha value is -8.15. The van der Waals surface area contributed by atoms with E-state index in [0.717, 1.165) is 88.2 Å². The molecule has 1 aliphatic carbocycles. The van der Waals surface area contributed by atoms with Gasteiger partial charge in [-0.05, 0) is 127 Å². The van der Waals surface area contributed by atoms with Gasteiger partial charge < -0.3 is 0 Å². The molecule has 294 valence electrons. The third kappa shape index (κ3) is 5.33. The van der Waals surface area contributed by atoms with Crippen LogP contribution in [0, 0.1) is 0 Å². The summed E-state index contributed by atoms with van der Waals surface area (Å²) >= 11 is 0. The molecule has 7 aromatic carbocycles. The van der Waals surface area contributed by atoms with Crippen molar-refractivity contribution in [3.05, 3.63) is 200 Å². The van der Waals surface area contributed by atoms with E-state index in [1.807, 2.05) is 49.1 Å². The predicted octanol–water partition coefficient (Wildman–Crippen LogP) is 14.6. The number of fused-ring (bicyclic) bond motifs is 12. The largest absolute Gasteiger partial charge is 0.254 e. The third-order valence-corrected chi connectivity index (χ3v) is 13.3. The average Bonchev–Trinajstić information content (AvgIpc) is 3.57. The summed E-state index contributed by atoms with van der Waals surface area (Å²) in [4.78, 5) is 24.7. The van der Waals surface area contributed by atoms with Gasteiger partial charge in [0.2, 0.25) is 0 Å². The normalized spacial score (nSPS) is 13.0. The molecule has 0 fully saturated rings. The first-order valence-corrected chi connectivity index (χ1v) is 21.5. The van der Waals surface area contributed by atoms with Crippen LogP contribution in [0.1, 0.15) is 25.0 Å². The second kappa shape index (κ2) is 13.4. The van der Waals surface area contributed by atoms with Gasteiger partial charge in [0.15, 0.2) is 0 Å². The lowest BCUT2D eigenvalue weighted by Gasteiger charge is -2.25. The van der Waals surface area contributed by atoms with Crippen molar-refractivity contribution >= 4 is 65.3 Å². The van der Waals surface area contributed by atoms with Crippen LogP contribution in [0.5, 0.6) is 0 Å². The van der Waals surface area contributed by atoms with Crippen molar-refractivity contribution in [2.75, 3.05) is 0 Å². The quantitative estimate of drug-likeness (QED) is 0.166. The number of nitrogens with zero attached hydrogens (tertiary/aromatic N) is 5. The standard InChI is InChI=1S/C58H37N5/c1-58(2)48-18-6-5-15-45(48)55-52(58)50(51-42-14-4-3-11-35(42)23-24-49(51)63-55)36-21-19-34(20-22-36)39-29-40(46-32-37-12-7-25-59-53(37)56-43(46)16-9-27-61-56)31-41(30-39)47-33-38-13-8-26-60-54(38)57-44(47)17-10-28-62-57/h3-33H,1-2H3. The molecule has 13 rings (SSSR count). The number of pyridine rings is 5. The van der Waals surface area contributed by atoms with Gasteiger partial charge in [-0.3, -0.25) is 19.9 Å². The van der Waals surface area contributed by atoms with E-state index < -0.39 is 0 Å². The summed E-state index contributed by atoms with van der Waals surface area (Å²) in [5, 5.41) is 7.85. The van der Waals surface area contributed by atoms with Crippen LogP contribution in [0.15, 0.2) is 189 Å². The summed E-state index contributed by atoms with van der Waals surface area (Å²) in [5.41, 5.74) is 18.3. The zero-order valence-corrected chi connectivity index (χ0v) is 34.6. The molecule has 12 aromatic rings. The van der Waals surface area contributed by atoms with Crippen LogP contribution < -0.4 is 0 Å². The van der Waals surface area contributed by atoms with E-state index in [2.05, 4.69) is 153 Å². The highest BCUT2D eigenvalue weighted by molar-refractivity contribution is 6.16. The van der Waals surface area contributed by atoms with E-state index in [1.165, 1.54) is 44.0 Å².